The minimum absolute atomic E-state index is 0.0254. The fraction of sp³-hybridized carbons (Fsp3) is 0.429. The number of nitrogens with zero attached hydrogens (tertiary/aromatic N) is 1. The van der Waals surface area contributed by atoms with E-state index in [1.165, 1.54) is 0 Å². The van der Waals surface area contributed by atoms with Crippen molar-refractivity contribution in [2.75, 3.05) is 18.6 Å². The highest BCUT2D eigenvalue weighted by Crippen LogP contribution is 2.41. The molecule has 2 amide bonds. The van der Waals surface area contributed by atoms with Crippen LogP contribution in [0.2, 0.25) is 0 Å². The zero-order chi connectivity index (χ0) is 19.4. The minimum atomic E-state index is -0.290. The summed E-state index contributed by atoms with van der Waals surface area (Å²) in [6, 6.07) is 11.5. The summed E-state index contributed by atoms with van der Waals surface area (Å²) in [6.07, 6.45) is 0.918. The number of rotatable bonds is 6. The third-order valence-corrected chi connectivity index (χ3v) is 5.83. The van der Waals surface area contributed by atoms with Crippen molar-refractivity contribution in [3.05, 3.63) is 52.2 Å². The maximum atomic E-state index is 13.0. The molecule has 0 radical (unpaired) electrons. The van der Waals surface area contributed by atoms with Gasteiger partial charge in [-0.05, 0) is 43.8 Å². The number of ether oxygens (including phenoxy) is 1. The van der Waals surface area contributed by atoms with E-state index in [0.29, 0.717) is 19.4 Å². The molecule has 2 aromatic rings. The van der Waals surface area contributed by atoms with Crippen molar-refractivity contribution in [2.45, 2.75) is 38.8 Å². The Morgan fingerprint density at radius 2 is 2.07 bits per heavy atom. The van der Waals surface area contributed by atoms with Crippen LogP contribution in [0, 0.1) is 12.8 Å². The molecule has 3 rings (SSSR count). The molecule has 2 heterocycles. The monoisotopic (exact) mass is 386 g/mol. The molecule has 0 aliphatic carbocycles. The number of carbonyl (C=O) groups excluding carboxylic acids is 2. The first kappa shape index (κ1) is 19.6. The van der Waals surface area contributed by atoms with E-state index in [2.05, 4.69) is 5.32 Å². The molecule has 3 atom stereocenters. The molecule has 1 aromatic heterocycles. The number of nitrogens with one attached hydrogen (secondary N) is 1. The van der Waals surface area contributed by atoms with Crippen LogP contribution in [0.15, 0.2) is 41.8 Å². The molecule has 144 valence electrons. The lowest BCUT2D eigenvalue weighted by Crippen LogP contribution is -2.50. The normalized spacial score (nSPS) is 21.1. The van der Waals surface area contributed by atoms with E-state index >= 15 is 0 Å². The lowest BCUT2D eigenvalue weighted by molar-refractivity contribution is -0.130. The van der Waals surface area contributed by atoms with Gasteiger partial charge < -0.3 is 15.0 Å². The van der Waals surface area contributed by atoms with E-state index in [0.717, 1.165) is 16.1 Å². The van der Waals surface area contributed by atoms with Gasteiger partial charge in [0.15, 0.2) is 0 Å². The van der Waals surface area contributed by atoms with E-state index in [-0.39, 0.29) is 29.8 Å². The number of aryl methyl sites for hydroxylation is 1. The molecular weight excluding hydrogens is 360 g/mol. The molecule has 1 N–H and O–H groups in total. The topological polar surface area (TPSA) is 58.6 Å². The van der Waals surface area contributed by atoms with Crippen molar-refractivity contribution in [3.63, 3.8) is 0 Å². The van der Waals surface area contributed by atoms with Gasteiger partial charge in [-0.15, -0.1) is 11.3 Å². The smallest absolute Gasteiger partial charge is 0.227 e. The van der Waals surface area contributed by atoms with Crippen molar-refractivity contribution in [1.82, 2.24) is 5.32 Å². The summed E-state index contributed by atoms with van der Waals surface area (Å²) in [5.41, 5.74) is 1.98. The largest absolute Gasteiger partial charge is 0.383 e. The second-order valence-corrected chi connectivity index (χ2v) is 8.05. The Kier molecular flexibility index (Phi) is 6.29. The number of piperidine rings is 1. The highest BCUT2D eigenvalue weighted by Gasteiger charge is 2.42. The molecule has 1 aliphatic rings. The van der Waals surface area contributed by atoms with Gasteiger partial charge in [0.2, 0.25) is 11.8 Å². The quantitative estimate of drug-likeness (QED) is 0.824. The SMILES string of the molecule is COC[C@H](C)NC(=O)[C@@H]1CCC(=O)N(c2ccc(C)cc2)[C@@H]1c1cccs1. The maximum absolute atomic E-state index is 13.0. The van der Waals surface area contributed by atoms with Crippen LogP contribution in [0.3, 0.4) is 0 Å². The third kappa shape index (κ3) is 4.39. The number of thiophene rings is 1. The molecule has 6 heteroatoms. The number of amides is 2. The van der Waals surface area contributed by atoms with Crippen LogP contribution in [0.1, 0.15) is 36.2 Å². The molecule has 1 fully saturated rings. The molecule has 1 saturated heterocycles. The summed E-state index contributed by atoms with van der Waals surface area (Å²) in [5, 5.41) is 5.03. The number of benzene rings is 1. The van der Waals surface area contributed by atoms with Gasteiger partial charge in [0, 0.05) is 30.1 Å². The number of hydrogen-bond donors (Lipinski definition) is 1. The van der Waals surface area contributed by atoms with Crippen molar-refractivity contribution in [3.8, 4) is 0 Å². The zero-order valence-corrected chi connectivity index (χ0v) is 16.8. The highest BCUT2D eigenvalue weighted by atomic mass is 32.1. The Hall–Kier alpha value is -2.18. The second-order valence-electron chi connectivity index (χ2n) is 7.07. The Morgan fingerprint density at radius 1 is 1.33 bits per heavy atom. The average molecular weight is 387 g/mol. The minimum Gasteiger partial charge on any atom is -0.383 e. The fourth-order valence-corrected chi connectivity index (χ4v) is 4.48. The summed E-state index contributed by atoms with van der Waals surface area (Å²) in [7, 11) is 1.62. The van der Waals surface area contributed by atoms with Gasteiger partial charge >= 0.3 is 0 Å². The molecule has 0 saturated carbocycles. The standard InChI is InChI=1S/C21H26N2O3S/c1-14-6-8-16(9-7-14)23-19(24)11-10-17(20(23)18-5-4-12-27-18)21(25)22-15(2)13-26-3/h4-9,12,15,17,20H,10-11,13H2,1-3H3,(H,22,25)/t15-,17+,20-/m0/s1. The summed E-state index contributed by atoms with van der Waals surface area (Å²) in [6.45, 7) is 4.40. The average Bonchev–Trinajstić information content (AvgIpc) is 3.16. The number of carbonyl (C=O) groups is 2. The number of anilines is 1. The molecule has 1 aromatic carbocycles. The first-order valence-corrected chi connectivity index (χ1v) is 10.1. The van der Waals surface area contributed by atoms with E-state index < -0.39 is 0 Å². The highest BCUT2D eigenvalue weighted by molar-refractivity contribution is 7.10. The maximum Gasteiger partial charge on any atom is 0.227 e. The van der Waals surface area contributed by atoms with Gasteiger partial charge in [0.1, 0.15) is 0 Å². The Morgan fingerprint density at radius 3 is 2.70 bits per heavy atom. The first-order chi connectivity index (χ1) is 13.0. The number of hydrogen-bond acceptors (Lipinski definition) is 4. The summed E-state index contributed by atoms with van der Waals surface area (Å²) in [4.78, 5) is 28.7. The third-order valence-electron chi connectivity index (χ3n) is 4.89. The molecule has 1 aliphatic heterocycles. The van der Waals surface area contributed by atoms with Crippen LogP contribution >= 0.6 is 11.3 Å². The van der Waals surface area contributed by atoms with Crippen LogP contribution in [-0.2, 0) is 14.3 Å². The Balaban J connectivity index is 1.94. The molecule has 5 nitrogen and oxygen atoms in total. The van der Waals surface area contributed by atoms with Gasteiger partial charge in [0.05, 0.1) is 18.6 Å². The lowest BCUT2D eigenvalue weighted by atomic mass is 9.86. The van der Waals surface area contributed by atoms with E-state index in [9.17, 15) is 9.59 Å². The molecule has 27 heavy (non-hydrogen) atoms. The van der Waals surface area contributed by atoms with Gasteiger partial charge in [0.25, 0.3) is 0 Å². The van der Waals surface area contributed by atoms with Crippen LogP contribution < -0.4 is 10.2 Å². The second kappa shape index (κ2) is 8.67. The molecule has 0 spiro atoms. The predicted molar refractivity (Wildman–Crippen MR) is 108 cm³/mol. The van der Waals surface area contributed by atoms with Gasteiger partial charge in [-0.2, -0.15) is 0 Å². The van der Waals surface area contributed by atoms with E-state index in [4.69, 9.17) is 4.74 Å². The van der Waals surface area contributed by atoms with Crippen molar-refractivity contribution in [1.29, 1.82) is 0 Å². The predicted octanol–water partition coefficient (Wildman–Crippen LogP) is 3.69. The summed E-state index contributed by atoms with van der Waals surface area (Å²) >= 11 is 1.58. The van der Waals surface area contributed by atoms with Crippen LogP contribution in [-0.4, -0.2) is 31.6 Å². The Labute approximate surface area is 164 Å². The van der Waals surface area contributed by atoms with Gasteiger partial charge in [-0.3, -0.25) is 9.59 Å². The van der Waals surface area contributed by atoms with Crippen LogP contribution in [0.25, 0.3) is 0 Å². The number of methoxy groups -OCH3 is 1. The Bertz CT molecular complexity index is 773. The fourth-order valence-electron chi connectivity index (χ4n) is 3.60. The summed E-state index contributed by atoms with van der Waals surface area (Å²) in [5.74, 6) is -0.254. The van der Waals surface area contributed by atoms with Gasteiger partial charge in [-0.25, -0.2) is 0 Å². The first-order valence-electron chi connectivity index (χ1n) is 9.22. The molecular formula is C21H26N2O3S. The van der Waals surface area contributed by atoms with E-state index in [1.807, 2.05) is 55.6 Å². The van der Waals surface area contributed by atoms with Crippen LogP contribution in [0.5, 0.6) is 0 Å². The zero-order valence-electron chi connectivity index (χ0n) is 16.0. The lowest BCUT2D eigenvalue weighted by Gasteiger charge is -2.40. The van der Waals surface area contributed by atoms with Crippen molar-refractivity contribution >= 4 is 28.8 Å². The molecule has 0 unspecified atom stereocenters. The van der Waals surface area contributed by atoms with E-state index in [1.54, 1.807) is 23.3 Å². The van der Waals surface area contributed by atoms with Crippen molar-refractivity contribution < 1.29 is 14.3 Å². The summed E-state index contributed by atoms with van der Waals surface area (Å²) < 4.78 is 5.13. The van der Waals surface area contributed by atoms with Crippen LogP contribution in [0.4, 0.5) is 5.69 Å². The van der Waals surface area contributed by atoms with Crippen molar-refractivity contribution in [2.24, 2.45) is 5.92 Å². The molecule has 0 bridgehead atoms. The van der Waals surface area contributed by atoms with Gasteiger partial charge in [-0.1, -0.05) is 23.8 Å².